The van der Waals surface area contributed by atoms with Crippen LogP contribution in [0.3, 0.4) is 0 Å². The monoisotopic (exact) mass is 189 g/mol. The summed E-state index contributed by atoms with van der Waals surface area (Å²) in [5.74, 6) is -0.225. The van der Waals surface area contributed by atoms with Gasteiger partial charge >= 0.3 is 5.97 Å². The van der Waals surface area contributed by atoms with Gasteiger partial charge in [-0.3, -0.25) is 4.79 Å². The molecule has 0 aliphatic carbocycles. The van der Waals surface area contributed by atoms with Crippen molar-refractivity contribution in [3.63, 3.8) is 0 Å². The molecule has 0 rings (SSSR count). The van der Waals surface area contributed by atoms with Gasteiger partial charge in [-0.15, -0.1) is 0 Å². The van der Waals surface area contributed by atoms with Crippen LogP contribution in [0.2, 0.25) is 0 Å². The first-order valence-corrected chi connectivity index (χ1v) is 4.32. The fourth-order valence-corrected chi connectivity index (χ4v) is 1.27. The number of hydrogen-bond acceptors (Lipinski definition) is 4. The van der Waals surface area contributed by atoms with E-state index in [2.05, 4.69) is 4.74 Å². The summed E-state index contributed by atoms with van der Waals surface area (Å²) in [7, 11) is 3.25. The van der Waals surface area contributed by atoms with E-state index in [9.17, 15) is 4.79 Å². The Hall–Kier alpha value is -0.610. The summed E-state index contributed by atoms with van der Waals surface area (Å²) < 4.78 is 4.67. The fourth-order valence-electron chi connectivity index (χ4n) is 1.27. The maximum absolute atomic E-state index is 11.3. The van der Waals surface area contributed by atoms with Crippen molar-refractivity contribution in [1.29, 1.82) is 0 Å². The number of aliphatic hydroxyl groups excluding tert-OH is 1. The predicted octanol–water partition coefficient (Wildman–Crippen LogP) is 0.110. The summed E-state index contributed by atoms with van der Waals surface area (Å²) in [6.07, 6.45) is 0. The van der Waals surface area contributed by atoms with E-state index in [1.807, 2.05) is 25.8 Å². The van der Waals surface area contributed by atoms with Crippen molar-refractivity contribution in [3.05, 3.63) is 0 Å². The second-order valence-corrected chi connectivity index (χ2v) is 3.84. The van der Waals surface area contributed by atoms with Crippen LogP contribution in [0.5, 0.6) is 0 Å². The zero-order valence-corrected chi connectivity index (χ0v) is 8.83. The summed E-state index contributed by atoms with van der Waals surface area (Å²) in [4.78, 5) is 13.2. The highest BCUT2D eigenvalue weighted by Crippen LogP contribution is 2.17. The highest BCUT2D eigenvalue weighted by Gasteiger charge is 2.29. The van der Waals surface area contributed by atoms with Gasteiger partial charge in [0.05, 0.1) is 19.1 Å². The first-order valence-electron chi connectivity index (χ1n) is 4.32. The first kappa shape index (κ1) is 12.4. The Kier molecular flexibility index (Phi) is 4.95. The standard InChI is InChI=1S/C9H19NO3/c1-9(2,8(12)13-4)7-10(3)5-6-11/h11H,5-7H2,1-4H3. The molecule has 0 aromatic carbocycles. The zero-order valence-electron chi connectivity index (χ0n) is 8.83. The van der Waals surface area contributed by atoms with E-state index < -0.39 is 5.41 Å². The van der Waals surface area contributed by atoms with Gasteiger partial charge in [-0.05, 0) is 20.9 Å². The molecule has 0 saturated carbocycles. The van der Waals surface area contributed by atoms with E-state index in [0.29, 0.717) is 13.1 Å². The number of methoxy groups -OCH3 is 1. The average Bonchev–Trinajstić information content (AvgIpc) is 2.02. The topological polar surface area (TPSA) is 49.8 Å². The summed E-state index contributed by atoms with van der Waals surface area (Å²) in [6.45, 7) is 4.91. The summed E-state index contributed by atoms with van der Waals surface area (Å²) in [5.41, 5.74) is -0.515. The third kappa shape index (κ3) is 4.24. The number of carbonyl (C=O) groups is 1. The molecule has 0 heterocycles. The number of ether oxygens (including phenoxy) is 1. The van der Waals surface area contributed by atoms with Crippen LogP contribution in [0.15, 0.2) is 0 Å². The minimum Gasteiger partial charge on any atom is -0.469 e. The van der Waals surface area contributed by atoms with E-state index in [1.54, 1.807) is 0 Å². The highest BCUT2D eigenvalue weighted by atomic mass is 16.5. The predicted molar refractivity (Wildman–Crippen MR) is 50.4 cm³/mol. The second-order valence-electron chi connectivity index (χ2n) is 3.84. The molecule has 4 nitrogen and oxygen atoms in total. The van der Waals surface area contributed by atoms with Crippen LogP contribution in [-0.2, 0) is 9.53 Å². The van der Waals surface area contributed by atoms with Crippen LogP contribution < -0.4 is 0 Å². The van der Waals surface area contributed by atoms with Gasteiger partial charge in [0, 0.05) is 13.1 Å². The van der Waals surface area contributed by atoms with Crippen molar-refractivity contribution in [2.45, 2.75) is 13.8 Å². The molecule has 0 amide bonds. The molecular formula is C9H19NO3. The van der Waals surface area contributed by atoms with E-state index in [4.69, 9.17) is 5.11 Å². The smallest absolute Gasteiger partial charge is 0.312 e. The summed E-state index contributed by atoms with van der Waals surface area (Å²) in [5, 5.41) is 8.67. The number of esters is 1. The number of aliphatic hydroxyl groups is 1. The Morgan fingerprint density at radius 3 is 2.46 bits per heavy atom. The van der Waals surface area contributed by atoms with E-state index >= 15 is 0 Å². The van der Waals surface area contributed by atoms with Gasteiger partial charge < -0.3 is 14.7 Å². The molecule has 0 spiro atoms. The second kappa shape index (κ2) is 5.19. The van der Waals surface area contributed by atoms with Crippen LogP contribution in [-0.4, -0.2) is 49.8 Å². The Morgan fingerprint density at radius 2 is 2.08 bits per heavy atom. The number of carbonyl (C=O) groups excluding carboxylic acids is 1. The van der Waals surface area contributed by atoms with E-state index in [1.165, 1.54) is 7.11 Å². The molecule has 0 aliphatic heterocycles. The van der Waals surface area contributed by atoms with E-state index in [-0.39, 0.29) is 12.6 Å². The molecule has 0 aromatic rings. The summed E-state index contributed by atoms with van der Waals surface area (Å²) in [6, 6.07) is 0. The molecule has 0 saturated heterocycles. The van der Waals surface area contributed by atoms with Crippen LogP contribution in [0.1, 0.15) is 13.8 Å². The van der Waals surface area contributed by atoms with Gasteiger partial charge in [0.2, 0.25) is 0 Å². The normalized spacial score (nSPS) is 11.8. The maximum atomic E-state index is 11.3. The minimum atomic E-state index is -0.515. The van der Waals surface area contributed by atoms with Gasteiger partial charge in [-0.25, -0.2) is 0 Å². The lowest BCUT2D eigenvalue weighted by Crippen LogP contribution is -2.39. The Bertz CT molecular complexity index is 168. The zero-order chi connectivity index (χ0) is 10.5. The van der Waals surface area contributed by atoms with E-state index in [0.717, 1.165) is 0 Å². The highest BCUT2D eigenvalue weighted by molar-refractivity contribution is 5.76. The van der Waals surface area contributed by atoms with Crippen LogP contribution in [0.25, 0.3) is 0 Å². The molecule has 0 atom stereocenters. The average molecular weight is 189 g/mol. The Morgan fingerprint density at radius 1 is 1.54 bits per heavy atom. The minimum absolute atomic E-state index is 0.105. The first-order chi connectivity index (χ1) is 5.94. The molecule has 0 aliphatic rings. The van der Waals surface area contributed by atoms with Crippen molar-refractivity contribution in [1.82, 2.24) is 4.90 Å². The molecule has 0 radical (unpaired) electrons. The fraction of sp³-hybridized carbons (Fsp3) is 0.889. The number of rotatable bonds is 5. The van der Waals surface area contributed by atoms with Crippen LogP contribution in [0.4, 0.5) is 0 Å². The van der Waals surface area contributed by atoms with Crippen molar-refractivity contribution >= 4 is 5.97 Å². The van der Waals surface area contributed by atoms with Gasteiger partial charge in [-0.1, -0.05) is 0 Å². The van der Waals surface area contributed by atoms with Crippen molar-refractivity contribution in [3.8, 4) is 0 Å². The SMILES string of the molecule is COC(=O)C(C)(C)CN(C)CCO. The number of nitrogens with zero attached hydrogens (tertiary/aromatic N) is 1. The van der Waals surface area contributed by atoms with Crippen molar-refractivity contribution in [2.24, 2.45) is 5.41 Å². The molecule has 4 heteroatoms. The largest absolute Gasteiger partial charge is 0.469 e. The molecule has 0 unspecified atom stereocenters. The van der Waals surface area contributed by atoms with Gasteiger partial charge in [-0.2, -0.15) is 0 Å². The van der Waals surface area contributed by atoms with Crippen molar-refractivity contribution < 1.29 is 14.6 Å². The molecule has 0 fully saturated rings. The number of likely N-dealkylation sites (N-methyl/N-ethyl adjacent to an activating group) is 1. The quantitative estimate of drug-likeness (QED) is 0.624. The molecule has 0 bridgehead atoms. The molecule has 0 aromatic heterocycles. The Balaban J connectivity index is 4.07. The number of hydrogen-bond donors (Lipinski definition) is 1. The molecule has 1 N–H and O–H groups in total. The summed E-state index contributed by atoms with van der Waals surface area (Å²) >= 11 is 0. The molecule has 78 valence electrons. The maximum Gasteiger partial charge on any atom is 0.312 e. The van der Waals surface area contributed by atoms with Gasteiger partial charge in [0.15, 0.2) is 0 Å². The van der Waals surface area contributed by atoms with Gasteiger partial charge in [0.1, 0.15) is 0 Å². The molecule has 13 heavy (non-hydrogen) atoms. The lowest BCUT2D eigenvalue weighted by atomic mass is 9.93. The Labute approximate surface area is 79.5 Å². The third-order valence-electron chi connectivity index (χ3n) is 1.88. The van der Waals surface area contributed by atoms with Crippen LogP contribution >= 0.6 is 0 Å². The lowest BCUT2D eigenvalue weighted by Gasteiger charge is -2.27. The molecular weight excluding hydrogens is 170 g/mol. The lowest BCUT2D eigenvalue weighted by molar-refractivity contribution is -0.151. The van der Waals surface area contributed by atoms with Gasteiger partial charge in [0.25, 0.3) is 0 Å². The van der Waals surface area contributed by atoms with Crippen LogP contribution in [0, 0.1) is 5.41 Å². The third-order valence-corrected chi connectivity index (χ3v) is 1.88. The van der Waals surface area contributed by atoms with Crippen molar-refractivity contribution in [2.75, 3.05) is 33.9 Å².